The normalized spacial score (nSPS) is 25.9. The SMILES string of the molecule is Cc1cnc(C(=O)N[C@@]2(C)CCS(=O)(=O)C2)cn1. The zero-order valence-electron chi connectivity index (χ0n) is 10.3. The molecule has 7 heteroatoms. The summed E-state index contributed by atoms with van der Waals surface area (Å²) in [6.07, 6.45) is 3.32. The van der Waals surface area contributed by atoms with E-state index >= 15 is 0 Å². The van der Waals surface area contributed by atoms with Gasteiger partial charge in [-0.1, -0.05) is 0 Å². The number of hydrogen-bond acceptors (Lipinski definition) is 5. The number of sulfone groups is 1. The Kier molecular flexibility index (Phi) is 3.10. The maximum Gasteiger partial charge on any atom is 0.271 e. The van der Waals surface area contributed by atoms with Crippen molar-refractivity contribution in [3.63, 3.8) is 0 Å². The number of nitrogens with one attached hydrogen (secondary N) is 1. The number of nitrogens with zero attached hydrogens (tertiary/aromatic N) is 2. The molecule has 1 N–H and O–H groups in total. The summed E-state index contributed by atoms with van der Waals surface area (Å²) in [6, 6.07) is 0. The molecule has 0 aromatic carbocycles. The van der Waals surface area contributed by atoms with E-state index in [2.05, 4.69) is 15.3 Å². The van der Waals surface area contributed by atoms with Crippen LogP contribution in [0.4, 0.5) is 0 Å². The topological polar surface area (TPSA) is 89.0 Å². The Morgan fingerprint density at radius 3 is 2.61 bits per heavy atom. The van der Waals surface area contributed by atoms with Gasteiger partial charge < -0.3 is 5.32 Å². The van der Waals surface area contributed by atoms with E-state index in [-0.39, 0.29) is 23.1 Å². The van der Waals surface area contributed by atoms with Crippen molar-refractivity contribution in [2.24, 2.45) is 0 Å². The zero-order valence-corrected chi connectivity index (χ0v) is 11.1. The van der Waals surface area contributed by atoms with Crippen molar-refractivity contribution in [1.29, 1.82) is 0 Å². The number of carbonyl (C=O) groups is 1. The molecule has 1 amide bonds. The molecule has 0 radical (unpaired) electrons. The fraction of sp³-hybridized carbons (Fsp3) is 0.545. The molecule has 0 aliphatic carbocycles. The van der Waals surface area contributed by atoms with Gasteiger partial charge in [0.1, 0.15) is 5.69 Å². The van der Waals surface area contributed by atoms with E-state index in [1.54, 1.807) is 13.8 Å². The van der Waals surface area contributed by atoms with E-state index in [1.807, 2.05) is 0 Å². The monoisotopic (exact) mass is 269 g/mol. The lowest BCUT2D eigenvalue weighted by molar-refractivity contribution is 0.0910. The lowest BCUT2D eigenvalue weighted by Crippen LogP contribution is -2.47. The highest BCUT2D eigenvalue weighted by atomic mass is 32.2. The van der Waals surface area contributed by atoms with Crippen molar-refractivity contribution < 1.29 is 13.2 Å². The van der Waals surface area contributed by atoms with Crippen LogP contribution in [-0.4, -0.2) is 41.3 Å². The highest BCUT2D eigenvalue weighted by Gasteiger charge is 2.39. The number of rotatable bonds is 2. The van der Waals surface area contributed by atoms with Crippen LogP contribution in [0.25, 0.3) is 0 Å². The quantitative estimate of drug-likeness (QED) is 0.822. The summed E-state index contributed by atoms with van der Waals surface area (Å²) in [5, 5.41) is 2.73. The van der Waals surface area contributed by atoms with Crippen molar-refractivity contribution in [2.75, 3.05) is 11.5 Å². The molecule has 1 atom stereocenters. The predicted molar refractivity (Wildman–Crippen MR) is 65.9 cm³/mol. The van der Waals surface area contributed by atoms with Gasteiger partial charge in [-0.05, 0) is 20.3 Å². The van der Waals surface area contributed by atoms with E-state index in [0.717, 1.165) is 5.69 Å². The molecule has 1 aromatic rings. The summed E-state index contributed by atoms with van der Waals surface area (Å²) in [6.45, 7) is 3.51. The van der Waals surface area contributed by atoms with Gasteiger partial charge in [0.2, 0.25) is 0 Å². The Hall–Kier alpha value is -1.50. The highest BCUT2D eigenvalue weighted by Crippen LogP contribution is 2.23. The van der Waals surface area contributed by atoms with Gasteiger partial charge in [0.15, 0.2) is 9.84 Å². The van der Waals surface area contributed by atoms with Crippen LogP contribution in [-0.2, 0) is 9.84 Å². The maximum atomic E-state index is 11.9. The molecular weight excluding hydrogens is 254 g/mol. The van der Waals surface area contributed by atoms with Gasteiger partial charge in [0, 0.05) is 6.20 Å². The van der Waals surface area contributed by atoms with Crippen LogP contribution in [0.3, 0.4) is 0 Å². The van der Waals surface area contributed by atoms with E-state index < -0.39 is 15.4 Å². The molecule has 1 fully saturated rings. The molecule has 1 saturated heterocycles. The highest BCUT2D eigenvalue weighted by molar-refractivity contribution is 7.91. The molecule has 2 rings (SSSR count). The van der Waals surface area contributed by atoms with E-state index in [1.165, 1.54) is 12.4 Å². The third kappa shape index (κ3) is 2.84. The van der Waals surface area contributed by atoms with Crippen molar-refractivity contribution >= 4 is 15.7 Å². The molecule has 1 aromatic heterocycles. The molecule has 6 nitrogen and oxygen atoms in total. The van der Waals surface area contributed by atoms with Gasteiger partial charge >= 0.3 is 0 Å². The Morgan fingerprint density at radius 2 is 2.11 bits per heavy atom. The van der Waals surface area contributed by atoms with Gasteiger partial charge in [-0.3, -0.25) is 9.78 Å². The second-order valence-corrected chi connectivity index (χ2v) is 7.08. The summed E-state index contributed by atoms with van der Waals surface area (Å²) < 4.78 is 22.9. The second-order valence-electron chi connectivity index (χ2n) is 4.90. The largest absolute Gasteiger partial charge is 0.344 e. The van der Waals surface area contributed by atoms with Gasteiger partial charge in [-0.25, -0.2) is 13.4 Å². The molecule has 0 unspecified atom stereocenters. The molecule has 98 valence electrons. The minimum absolute atomic E-state index is 0.0228. The molecular formula is C11H15N3O3S. The van der Waals surface area contributed by atoms with Crippen molar-refractivity contribution in [1.82, 2.24) is 15.3 Å². The summed E-state index contributed by atoms with van der Waals surface area (Å²) in [7, 11) is -3.04. The van der Waals surface area contributed by atoms with E-state index in [9.17, 15) is 13.2 Å². The summed E-state index contributed by atoms with van der Waals surface area (Å²) >= 11 is 0. The Labute approximate surface area is 106 Å². The van der Waals surface area contributed by atoms with Crippen LogP contribution in [0, 0.1) is 6.92 Å². The van der Waals surface area contributed by atoms with E-state index in [4.69, 9.17) is 0 Å². The maximum absolute atomic E-state index is 11.9. The first-order valence-corrected chi connectivity index (χ1v) is 7.43. The summed E-state index contributed by atoms with van der Waals surface area (Å²) in [5.41, 5.74) is 0.218. The third-order valence-electron chi connectivity index (χ3n) is 2.93. The molecule has 2 heterocycles. The molecule has 1 aliphatic rings. The molecule has 0 saturated carbocycles. The first-order chi connectivity index (χ1) is 8.30. The Balaban J connectivity index is 2.10. The predicted octanol–water partition coefficient (Wildman–Crippen LogP) is 0.0920. The van der Waals surface area contributed by atoms with Crippen molar-refractivity contribution in [3.8, 4) is 0 Å². The molecule has 0 bridgehead atoms. The average Bonchev–Trinajstić information content (AvgIpc) is 2.53. The average molecular weight is 269 g/mol. The van der Waals surface area contributed by atoms with Crippen LogP contribution in [0.15, 0.2) is 12.4 Å². The van der Waals surface area contributed by atoms with Gasteiger partial charge in [0.25, 0.3) is 5.91 Å². The number of carbonyl (C=O) groups excluding carboxylic acids is 1. The number of aryl methyl sites for hydroxylation is 1. The Bertz CT molecular complexity index is 568. The number of aromatic nitrogens is 2. The minimum atomic E-state index is -3.04. The smallest absolute Gasteiger partial charge is 0.271 e. The molecule has 18 heavy (non-hydrogen) atoms. The van der Waals surface area contributed by atoms with Crippen LogP contribution < -0.4 is 5.32 Å². The van der Waals surface area contributed by atoms with Crippen molar-refractivity contribution in [2.45, 2.75) is 25.8 Å². The summed E-state index contributed by atoms with van der Waals surface area (Å²) in [5.74, 6) is -0.295. The van der Waals surface area contributed by atoms with E-state index in [0.29, 0.717) is 6.42 Å². The van der Waals surface area contributed by atoms with Gasteiger partial charge in [-0.15, -0.1) is 0 Å². The number of hydrogen-bond donors (Lipinski definition) is 1. The van der Waals surface area contributed by atoms with Gasteiger partial charge in [-0.2, -0.15) is 0 Å². The fourth-order valence-electron chi connectivity index (χ4n) is 1.96. The first kappa shape index (κ1) is 12.9. The third-order valence-corrected chi connectivity index (χ3v) is 4.84. The Morgan fingerprint density at radius 1 is 1.39 bits per heavy atom. The molecule has 0 spiro atoms. The minimum Gasteiger partial charge on any atom is -0.344 e. The van der Waals surface area contributed by atoms with Crippen LogP contribution in [0.1, 0.15) is 29.5 Å². The van der Waals surface area contributed by atoms with Crippen LogP contribution in [0.2, 0.25) is 0 Å². The van der Waals surface area contributed by atoms with Crippen LogP contribution >= 0.6 is 0 Å². The van der Waals surface area contributed by atoms with Crippen LogP contribution in [0.5, 0.6) is 0 Å². The lowest BCUT2D eigenvalue weighted by Gasteiger charge is -2.23. The first-order valence-electron chi connectivity index (χ1n) is 5.61. The number of amides is 1. The molecule has 1 aliphatic heterocycles. The standard InChI is InChI=1S/C11H15N3O3S/c1-8-5-13-9(6-12-8)10(15)14-11(2)3-4-18(16,17)7-11/h5-6H,3-4,7H2,1-2H3,(H,14,15)/t11-/m0/s1. The fourth-order valence-corrected chi connectivity index (χ4v) is 4.05. The zero-order chi connectivity index (χ0) is 13.4. The van der Waals surface area contributed by atoms with Gasteiger partial charge in [0.05, 0.1) is 28.9 Å². The lowest BCUT2D eigenvalue weighted by atomic mass is 10.0. The summed E-state index contributed by atoms with van der Waals surface area (Å²) in [4.78, 5) is 19.9. The second kappa shape index (κ2) is 4.31. The van der Waals surface area contributed by atoms with Crippen molar-refractivity contribution in [3.05, 3.63) is 23.8 Å².